The fourth-order valence-electron chi connectivity index (χ4n) is 2.78. The maximum absolute atomic E-state index is 13.0. The molecule has 0 unspecified atom stereocenters. The lowest BCUT2D eigenvalue weighted by atomic mass is 9.95. The van der Waals surface area contributed by atoms with E-state index in [1.165, 1.54) is 0 Å². The molecule has 1 heterocycles. The zero-order valence-electron chi connectivity index (χ0n) is 16.1. The van der Waals surface area contributed by atoms with E-state index in [4.69, 9.17) is 4.74 Å². The van der Waals surface area contributed by atoms with Gasteiger partial charge in [0.15, 0.2) is 5.78 Å². The summed E-state index contributed by atoms with van der Waals surface area (Å²) >= 11 is 1.61. The van der Waals surface area contributed by atoms with Crippen LogP contribution in [0.15, 0.2) is 66.6 Å². The standard InChI is InChI=1S/C22H21NO4S2/c1-4-29(25,26)23-18-10-7-16(8-11-18)22(24)15(2)19-14-17(9-12-20(19)27-3)21-6-5-13-28-21/h5-14,23H,2,4H2,1,3H3. The highest BCUT2D eigenvalue weighted by Crippen LogP contribution is 2.34. The van der Waals surface area contributed by atoms with Crippen molar-refractivity contribution in [3.8, 4) is 16.2 Å². The number of Topliss-reactive ketones (excluding diaryl/α,β-unsaturated/α-hetero) is 1. The van der Waals surface area contributed by atoms with Crippen LogP contribution in [-0.4, -0.2) is 27.1 Å². The summed E-state index contributed by atoms with van der Waals surface area (Å²) in [6.07, 6.45) is 0. The van der Waals surface area contributed by atoms with E-state index in [0.717, 1.165) is 10.4 Å². The Morgan fingerprint density at radius 1 is 1.14 bits per heavy atom. The Kier molecular flexibility index (Phi) is 6.20. The molecule has 29 heavy (non-hydrogen) atoms. The molecule has 1 aromatic heterocycles. The molecule has 7 heteroatoms. The van der Waals surface area contributed by atoms with E-state index in [0.29, 0.717) is 28.1 Å². The van der Waals surface area contributed by atoms with E-state index in [-0.39, 0.29) is 11.5 Å². The van der Waals surface area contributed by atoms with E-state index in [9.17, 15) is 13.2 Å². The van der Waals surface area contributed by atoms with Crippen LogP contribution in [0.5, 0.6) is 5.75 Å². The molecule has 0 bridgehead atoms. The maximum Gasteiger partial charge on any atom is 0.232 e. The summed E-state index contributed by atoms with van der Waals surface area (Å²) in [5.74, 6) is 0.290. The molecule has 3 rings (SSSR count). The molecule has 3 aromatic rings. The minimum Gasteiger partial charge on any atom is -0.496 e. The first-order valence-electron chi connectivity index (χ1n) is 8.91. The number of rotatable bonds is 8. The van der Waals surface area contributed by atoms with E-state index in [1.807, 2.05) is 35.7 Å². The van der Waals surface area contributed by atoms with Crippen LogP contribution in [0.2, 0.25) is 0 Å². The zero-order valence-corrected chi connectivity index (χ0v) is 17.8. The van der Waals surface area contributed by atoms with Gasteiger partial charge in [-0.05, 0) is 66.4 Å². The highest BCUT2D eigenvalue weighted by molar-refractivity contribution is 7.92. The molecule has 0 saturated heterocycles. The van der Waals surface area contributed by atoms with Gasteiger partial charge in [0, 0.05) is 27.3 Å². The van der Waals surface area contributed by atoms with Crippen molar-refractivity contribution in [1.82, 2.24) is 0 Å². The van der Waals surface area contributed by atoms with Crippen LogP contribution in [0, 0.1) is 0 Å². The van der Waals surface area contributed by atoms with Gasteiger partial charge in [0.2, 0.25) is 10.0 Å². The van der Waals surface area contributed by atoms with Crippen LogP contribution in [0.4, 0.5) is 5.69 Å². The average molecular weight is 428 g/mol. The van der Waals surface area contributed by atoms with Gasteiger partial charge in [0.05, 0.1) is 12.9 Å². The van der Waals surface area contributed by atoms with Crippen molar-refractivity contribution in [1.29, 1.82) is 0 Å². The average Bonchev–Trinajstić information content (AvgIpc) is 3.27. The number of anilines is 1. The topological polar surface area (TPSA) is 72.5 Å². The molecule has 1 N–H and O–H groups in total. The van der Waals surface area contributed by atoms with Gasteiger partial charge in [-0.25, -0.2) is 8.42 Å². The largest absolute Gasteiger partial charge is 0.496 e. The minimum absolute atomic E-state index is 0.0230. The number of allylic oxidation sites excluding steroid dienone is 1. The van der Waals surface area contributed by atoms with Crippen molar-refractivity contribution in [3.63, 3.8) is 0 Å². The fraction of sp³-hybridized carbons (Fsp3) is 0.136. The number of thiophene rings is 1. The molecular weight excluding hydrogens is 406 g/mol. The van der Waals surface area contributed by atoms with E-state index >= 15 is 0 Å². The number of nitrogens with one attached hydrogen (secondary N) is 1. The molecule has 0 aliphatic carbocycles. The summed E-state index contributed by atoms with van der Waals surface area (Å²) in [7, 11) is -1.82. The molecule has 0 radical (unpaired) electrons. The second-order valence-electron chi connectivity index (χ2n) is 6.28. The van der Waals surface area contributed by atoms with Gasteiger partial charge in [0.25, 0.3) is 0 Å². The third-order valence-corrected chi connectivity index (χ3v) is 6.63. The van der Waals surface area contributed by atoms with E-state index in [1.54, 1.807) is 49.6 Å². The van der Waals surface area contributed by atoms with Gasteiger partial charge in [0.1, 0.15) is 5.75 Å². The molecule has 0 fully saturated rings. The van der Waals surface area contributed by atoms with Crippen LogP contribution < -0.4 is 9.46 Å². The Labute approximate surface area is 174 Å². The smallest absolute Gasteiger partial charge is 0.232 e. The third kappa shape index (κ3) is 4.75. The highest BCUT2D eigenvalue weighted by atomic mass is 32.2. The molecule has 0 atom stereocenters. The number of carbonyl (C=O) groups is 1. The second-order valence-corrected chi connectivity index (χ2v) is 9.24. The first-order valence-corrected chi connectivity index (χ1v) is 11.4. The maximum atomic E-state index is 13.0. The molecule has 0 spiro atoms. The third-order valence-electron chi connectivity index (χ3n) is 4.40. The lowest BCUT2D eigenvalue weighted by Gasteiger charge is -2.13. The van der Waals surface area contributed by atoms with Gasteiger partial charge >= 0.3 is 0 Å². The molecule has 0 aliphatic heterocycles. The first kappa shape index (κ1) is 20.8. The zero-order chi connectivity index (χ0) is 21.0. The van der Waals surface area contributed by atoms with E-state index in [2.05, 4.69) is 11.3 Å². The Morgan fingerprint density at radius 2 is 1.86 bits per heavy atom. The molecule has 2 aromatic carbocycles. The van der Waals surface area contributed by atoms with Crippen LogP contribution in [0.25, 0.3) is 16.0 Å². The van der Waals surface area contributed by atoms with Crippen molar-refractivity contribution >= 4 is 38.4 Å². The number of carbonyl (C=O) groups excluding carboxylic acids is 1. The molecule has 0 aliphatic rings. The van der Waals surface area contributed by atoms with Crippen molar-refractivity contribution in [2.45, 2.75) is 6.92 Å². The predicted octanol–water partition coefficient (Wildman–Crippen LogP) is 5.08. The lowest BCUT2D eigenvalue weighted by molar-refractivity contribution is 0.105. The number of ether oxygens (including phenoxy) is 1. The molecule has 5 nitrogen and oxygen atoms in total. The van der Waals surface area contributed by atoms with E-state index < -0.39 is 10.0 Å². The SMILES string of the molecule is C=C(C(=O)c1ccc(NS(=O)(=O)CC)cc1)c1cc(-c2cccs2)ccc1OC. The number of benzene rings is 2. The monoisotopic (exact) mass is 427 g/mol. The summed E-state index contributed by atoms with van der Waals surface area (Å²) < 4.78 is 31.2. The lowest BCUT2D eigenvalue weighted by Crippen LogP contribution is -2.14. The van der Waals surface area contributed by atoms with Crippen molar-refractivity contribution in [3.05, 3.63) is 77.7 Å². The van der Waals surface area contributed by atoms with Crippen molar-refractivity contribution in [2.24, 2.45) is 0 Å². The molecule has 150 valence electrons. The number of hydrogen-bond acceptors (Lipinski definition) is 5. The highest BCUT2D eigenvalue weighted by Gasteiger charge is 2.18. The van der Waals surface area contributed by atoms with Crippen LogP contribution in [-0.2, 0) is 10.0 Å². The number of sulfonamides is 1. The minimum atomic E-state index is -3.37. The second kappa shape index (κ2) is 8.63. The normalized spacial score (nSPS) is 11.1. The molecular formula is C22H21NO4S2. The molecule has 0 amide bonds. The summed E-state index contributed by atoms with van der Waals surface area (Å²) in [5, 5.41) is 1.99. The first-order chi connectivity index (χ1) is 13.8. The van der Waals surface area contributed by atoms with Gasteiger partial charge in [-0.3, -0.25) is 9.52 Å². The van der Waals surface area contributed by atoms with Crippen molar-refractivity contribution < 1.29 is 17.9 Å². The Balaban J connectivity index is 1.88. The summed E-state index contributed by atoms with van der Waals surface area (Å²) in [6.45, 7) is 5.55. The van der Waals surface area contributed by atoms with Crippen LogP contribution in [0.1, 0.15) is 22.8 Å². The van der Waals surface area contributed by atoms with Crippen LogP contribution >= 0.6 is 11.3 Å². The number of hydrogen-bond donors (Lipinski definition) is 1. The number of ketones is 1. The Morgan fingerprint density at radius 3 is 2.45 bits per heavy atom. The fourth-order valence-corrected chi connectivity index (χ4v) is 4.14. The van der Waals surface area contributed by atoms with Gasteiger partial charge < -0.3 is 4.74 Å². The van der Waals surface area contributed by atoms with Gasteiger partial charge in [-0.1, -0.05) is 12.6 Å². The Bertz CT molecular complexity index is 1130. The Hall–Kier alpha value is -2.90. The van der Waals surface area contributed by atoms with Gasteiger partial charge in [-0.2, -0.15) is 0 Å². The van der Waals surface area contributed by atoms with Crippen LogP contribution in [0.3, 0.4) is 0 Å². The predicted molar refractivity (Wildman–Crippen MR) is 119 cm³/mol. The quantitative estimate of drug-likeness (QED) is 0.402. The van der Waals surface area contributed by atoms with Crippen molar-refractivity contribution in [2.75, 3.05) is 17.6 Å². The summed E-state index contributed by atoms with van der Waals surface area (Å²) in [5.41, 5.74) is 2.74. The van der Waals surface area contributed by atoms with Gasteiger partial charge in [-0.15, -0.1) is 11.3 Å². The summed E-state index contributed by atoms with van der Waals surface area (Å²) in [6, 6.07) is 15.9. The molecule has 0 saturated carbocycles. The number of methoxy groups -OCH3 is 1. The summed E-state index contributed by atoms with van der Waals surface area (Å²) in [4.78, 5) is 14.1.